The fourth-order valence-corrected chi connectivity index (χ4v) is 2.20. The van der Waals surface area contributed by atoms with Crippen molar-refractivity contribution in [1.29, 1.82) is 5.26 Å². The van der Waals surface area contributed by atoms with Gasteiger partial charge < -0.3 is 4.98 Å². The molecule has 0 fully saturated rings. The summed E-state index contributed by atoms with van der Waals surface area (Å²) >= 11 is 1.85. The van der Waals surface area contributed by atoms with Crippen molar-refractivity contribution in [2.24, 2.45) is 4.99 Å². The molecule has 5 nitrogen and oxygen atoms in total. The Bertz CT molecular complexity index is 404. The van der Waals surface area contributed by atoms with Gasteiger partial charge in [-0.25, -0.2) is 4.98 Å². The van der Waals surface area contributed by atoms with Gasteiger partial charge in [0, 0.05) is 18.0 Å². The van der Waals surface area contributed by atoms with Gasteiger partial charge in [0.15, 0.2) is 6.19 Å². The van der Waals surface area contributed by atoms with E-state index in [4.69, 9.17) is 5.26 Å². The molecule has 92 valence electrons. The van der Waals surface area contributed by atoms with E-state index >= 15 is 0 Å². The third kappa shape index (κ3) is 5.41. The van der Waals surface area contributed by atoms with Crippen LogP contribution in [0.25, 0.3) is 0 Å². The van der Waals surface area contributed by atoms with E-state index in [0.717, 1.165) is 35.9 Å². The number of nitriles is 1. The molecule has 0 radical (unpaired) electrons. The molecule has 0 aliphatic rings. The SMILES string of the molecule is CC(=NCCCSCc1nc[nH]c1C)NC#N. The number of aryl methyl sites for hydroxylation is 1. The molecule has 0 spiro atoms. The van der Waals surface area contributed by atoms with Crippen LogP contribution in [0.2, 0.25) is 0 Å². The lowest BCUT2D eigenvalue weighted by Crippen LogP contribution is -2.13. The first-order valence-electron chi connectivity index (χ1n) is 5.46. The van der Waals surface area contributed by atoms with Crippen LogP contribution in [0.5, 0.6) is 0 Å². The zero-order chi connectivity index (χ0) is 12.5. The Balaban J connectivity index is 2.08. The van der Waals surface area contributed by atoms with E-state index in [0.29, 0.717) is 5.84 Å². The number of hydrogen-bond acceptors (Lipinski definition) is 4. The fourth-order valence-electron chi connectivity index (χ4n) is 1.24. The van der Waals surface area contributed by atoms with Crippen molar-refractivity contribution in [3.8, 4) is 6.19 Å². The van der Waals surface area contributed by atoms with Crippen molar-refractivity contribution in [3.05, 3.63) is 17.7 Å². The van der Waals surface area contributed by atoms with E-state index in [9.17, 15) is 0 Å². The smallest absolute Gasteiger partial charge is 0.182 e. The van der Waals surface area contributed by atoms with Gasteiger partial charge in [-0.3, -0.25) is 10.3 Å². The Morgan fingerprint density at radius 1 is 1.71 bits per heavy atom. The normalized spacial score (nSPS) is 11.2. The van der Waals surface area contributed by atoms with Crippen LogP contribution in [0.1, 0.15) is 24.7 Å². The molecule has 1 aromatic heterocycles. The lowest BCUT2D eigenvalue weighted by Gasteiger charge is -2.00. The summed E-state index contributed by atoms with van der Waals surface area (Å²) in [4.78, 5) is 11.5. The minimum absolute atomic E-state index is 0.681. The Morgan fingerprint density at radius 2 is 2.53 bits per heavy atom. The number of nitrogens with zero attached hydrogens (tertiary/aromatic N) is 3. The number of aliphatic imine (C=N–C) groups is 1. The van der Waals surface area contributed by atoms with E-state index in [1.165, 1.54) is 0 Å². The molecule has 17 heavy (non-hydrogen) atoms. The van der Waals surface area contributed by atoms with Gasteiger partial charge in [0.25, 0.3) is 0 Å². The molecule has 0 amide bonds. The van der Waals surface area contributed by atoms with E-state index in [1.54, 1.807) is 13.3 Å². The minimum atomic E-state index is 0.681. The first kappa shape index (κ1) is 13.6. The monoisotopic (exact) mass is 251 g/mol. The number of H-pyrrole nitrogens is 1. The topological polar surface area (TPSA) is 76.9 Å². The Labute approximate surface area is 106 Å². The number of aromatic nitrogens is 2. The van der Waals surface area contributed by atoms with Crippen LogP contribution in [0.15, 0.2) is 11.3 Å². The highest BCUT2D eigenvalue weighted by molar-refractivity contribution is 7.98. The molecule has 1 aromatic rings. The Kier molecular flexibility index (Phi) is 6.18. The van der Waals surface area contributed by atoms with Gasteiger partial charge >= 0.3 is 0 Å². The van der Waals surface area contributed by atoms with Gasteiger partial charge in [-0.2, -0.15) is 17.0 Å². The van der Waals surface area contributed by atoms with Crippen LogP contribution in [0, 0.1) is 18.4 Å². The fraction of sp³-hybridized carbons (Fsp3) is 0.545. The standard InChI is InChI=1S/C11H17N5S/c1-9-11(16-8-15-9)6-17-5-3-4-13-10(2)14-7-12/h8H,3-6H2,1-2H3,(H,13,14)(H,15,16). The second-order valence-corrected chi connectivity index (χ2v) is 4.69. The van der Waals surface area contributed by atoms with Gasteiger partial charge in [-0.15, -0.1) is 0 Å². The molecule has 2 N–H and O–H groups in total. The number of hydrogen-bond donors (Lipinski definition) is 2. The average molecular weight is 251 g/mol. The predicted octanol–water partition coefficient (Wildman–Crippen LogP) is 1.83. The van der Waals surface area contributed by atoms with Crippen LogP contribution >= 0.6 is 11.8 Å². The number of imidazole rings is 1. The van der Waals surface area contributed by atoms with E-state index in [1.807, 2.05) is 24.9 Å². The first-order chi connectivity index (χ1) is 8.24. The number of rotatable bonds is 6. The second kappa shape index (κ2) is 7.74. The summed E-state index contributed by atoms with van der Waals surface area (Å²) in [6.45, 7) is 4.58. The molecule has 0 saturated heterocycles. The van der Waals surface area contributed by atoms with E-state index in [-0.39, 0.29) is 0 Å². The van der Waals surface area contributed by atoms with Crippen molar-refractivity contribution in [2.75, 3.05) is 12.3 Å². The summed E-state index contributed by atoms with van der Waals surface area (Å²) in [7, 11) is 0. The van der Waals surface area contributed by atoms with Gasteiger partial charge in [-0.05, 0) is 26.0 Å². The third-order valence-electron chi connectivity index (χ3n) is 2.21. The van der Waals surface area contributed by atoms with Crippen LogP contribution < -0.4 is 5.32 Å². The average Bonchev–Trinajstić information content (AvgIpc) is 2.70. The third-order valence-corrected chi connectivity index (χ3v) is 3.26. The van der Waals surface area contributed by atoms with Gasteiger partial charge in [0.2, 0.25) is 0 Å². The van der Waals surface area contributed by atoms with Crippen molar-refractivity contribution >= 4 is 17.6 Å². The maximum atomic E-state index is 8.35. The van der Waals surface area contributed by atoms with Crippen molar-refractivity contribution < 1.29 is 0 Å². The maximum absolute atomic E-state index is 8.35. The summed E-state index contributed by atoms with van der Waals surface area (Å²) in [5.41, 5.74) is 2.27. The zero-order valence-electron chi connectivity index (χ0n) is 10.2. The summed E-state index contributed by atoms with van der Waals surface area (Å²) < 4.78 is 0. The highest BCUT2D eigenvalue weighted by Crippen LogP contribution is 2.13. The maximum Gasteiger partial charge on any atom is 0.182 e. The summed E-state index contributed by atoms with van der Waals surface area (Å²) in [6, 6.07) is 0. The molecular weight excluding hydrogens is 234 g/mol. The Hall–Kier alpha value is -1.48. The number of amidine groups is 1. The first-order valence-corrected chi connectivity index (χ1v) is 6.62. The number of aromatic amines is 1. The van der Waals surface area contributed by atoms with E-state index < -0.39 is 0 Å². The van der Waals surface area contributed by atoms with Crippen molar-refractivity contribution in [2.45, 2.75) is 26.0 Å². The van der Waals surface area contributed by atoms with E-state index in [2.05, 4.69) is 20.3 Å². The molecule has 0 aliphatic heterocycles. The molecule has 0 unspecified atom stereocenters. The summed E-state index contributed by atoms with van der Waals surface area (Å²) in [5.74, 6) is 2.67. The van der Waals surface area contributed by atoms with Gasteiger partial charge in [-0.1, -0.05) is 0 Å². The predicted molar refractivity (Wildman–Crippen MR) is 70.8 cm³/mol. The van der Waals surface area contributed by atoms with Crippen LogP contribution in [0.4, 0.5) is 0 Å². The van der Waals surface area contributed by atoms with Gasteiger partial charge in [0.1, 0.15) is 5.84 Å². The van der Waals surface area contributed by atoms with Crippen molar-refractivity contribution in [1.82, 2.24) is 15.3 Å². The molecule has 6 heteroatoms. The molecule has 0 aromatic carbocycles. The number of nitrogens with one attached hydrogen (secondary N) is 2. The number of thioether (sulfide) groups is 1. The molecule has 1 heterocycles. The highest BCUT2D eigenvalue weighted by atomic mass is 32.2. The summed E-state index contributed by atoms with van der Waals surface area (Å²) in [6.07, 6.45) is 4.59. The second-order valence-electron chi connectivity index (χ2n) is 3.58. The lowest BCUT2D eigenvalue weighted by atomic mass is 10.4. The Morgan fingerprint density at radius 3 is 3.18 bits per heavy atom. The minimum Gasteiger partial charge on any atom is -0.348 e. The molecule has 1 rings (SSSR count). The molecular formula is C11H17N5S. The molecule has 0 bridgehead atoms. The lowest BCUT2D eigenvalue weighted by molar-refractivity contribution is 0.932. The van der Waals surface area contributed by atoms with Crippen LogP contribution in [0.3, 0.4) is 0 Å². The summed E-state index contributed by atoms with van der Waals surface area (Å²) in [5, 5.41) is 10.9. The zero-order valence-corrected chi connectivity index (χ0v) is 11.0. The quantitative estimate of drug-likeness (QED) is 0.266. The van der Waals surface area contributed by atoms with Crippen LogP contribution in [-0.2, 0) is 5.75 Å². The molecule has 0 atom stereocenters. The van der Waals surface area contributed by atoms with Crippen LogP contribution in [-0.4, -0.2) is 28.1 Å². The van der Waals surface area contributed by atoms with Gasteiger partial charge in [0.05, 0.1) is 12.0 Å². The molecule has 0 saturated carbocycles. The highest BCUT2D eigenvalue weighted by Gasteiger charge is 2.00. The molecule has 0 aliphatic carbocycles. The van der Waals surface area contributed by atoms with Crippen molar-refractivity contribution in [3.63, 3.8) is 0 Å². The largest absolute Gasteiger partial charge is 0.348 e.